The molecule has 0 saturated carbocycles. The number of hydrogen-bond acceptors (Lipinski definition) is 2. The molecule has 2 nitrogen and oxygen atoms in total. The van der Waals surface area contributed by atoms with E-state index in [1.165, 1.54) is 7.11 Å². The molecule has 19 heavy (non-hydrogen) atoms. The normalized spacial score (nSPS) is 12.7. The molecule has 0 aliphatic rings. The van der Waals surface area contributed by atoms with Gasteiger partial charge in [0.25, 0.3) is 0 Å². The predicted octanol–water partition coefficient (Wildman–Crippen LogP) is 3.93. The van der Waals surface area contributed by atoms with Gasteiger partial charge in [-0.3, -0.25) is 0 Å². The Morgan fingerprint density at radius 2 is 2.05 bits per heavy atom. The van der Waals surface area contributed by atoms with E-state index in [9.17, 15) is 4.39 Å². The van der Waals surface area contributed by atoms with Crippen LogP contribution in [0.2, 0.25) is 0 Å². The average molecular weight is 267 g/mol. The molecule has 0 radical (unpaired) electrons. The molecule has 0 bridgehead atoms. The van der Waals surface area contributed by atoms with Crippen LogP contribution in [0.4, 0.5) is 4.39 Å². The van der Waals surface area contributed by atoms with Gasteiger partial charge in [0, 0.05) is 12.1 Å². The van der Waals surface area contributed by atoms with E-state index in [0.29, 0.717) is 24.3 Å². The summed E-state index contributed by atoms with van der Waals surface area (Å²) in [7, 11) is 1.50. The van der Waals surface area contributed by atoms with E-state index in [1.54, 1.807) is 6.07 Å². The van der Waals surface area contributed by atoms with Gasteiger partial charge in [0.05, 0.1) is 7.11 Å². The van der Waals surface area contributed by atoms with Crippen molar-refractivity contribution in [3.8, 4) is 5.75 Å². The number of nitrogens with one attached hydrogen (secondary N) is 1. The van der Waals surface area contributed by atoms with Crippen molar-refractivity contribution in [1.29, 1.82) is 0 Å². The van der Waals surface area contributed by atoms with E-state index in [-0.39, 0.29) is 5.82 Å². The first-order valence-electron chi connectivity index (χ1n) is 7.15. The lowest BCUT2D eigenvalue weighted by atomic mass is 9.99. The summed E-state index contributed by atoms with van der Waals surface area (Å²) in [5.74, 6) is 0.105. The van der Waals surface area contributed by atoms with Crippen molar-refractivity contribution in [2.45, 2.75) is 58.5 Å². The maximum Gasteiger partial charge on any atom is 0.168 e. The Labute approximate surface area is 116 Å². The molecule has 0 aliphatic carbocycles. The molecular formula is C16H26FNO. The van der Waals surface area contributed by atoms with Crippen molar-refractivity contribution in [1.82, 2.24) is 5.32 Å². The summed E-state index contributed by atoms with van der Waals surface area (Å²) in [6.45, 7) is 6.43. The number of unbranched alkanes of at least 4 members (excludes halogenated alkanes) is 1. The summed E-state index contributed by atoms with van der Waals surface area (Å²) in [4.78, 5) is 0. The lowest BCUT2D eigenvalue weighted by Crippen LogP contribution is -2.36. The summed E-state index contributed by atoms with van der Waals surface area (Å²) < 4.78 is 19.2. The molecule has 0 aliphatic heterocycles. The lowest BCUT2D eigenvalue weighted by molar-refractivity contribution is 0.378. The van der Waals surface area contributed by atoms with E-state index in [1.807, 2.05) is 12.1 Å². The molecule has 3 heteroatoms. The van der Waals surface area contributed by atoms with Crippen molar-refractivity contribution in [3.63, 3.8) is 0 Å². The maximum absolute atomic E-state index is 14.1. The minimum atomic E-state index is -0.225. The van der Waals surface area contributed by atoms with Crippen LogP contribution in [0.5, 0.6) is 5.75 Å². The molecule has 0 spiro atoms. The quantitative estimate of drug-likeness (QED) is 0.770. The molecule has 1 atom stereocenters. The Bertz CT molecular complexity index is 379. The van der Waals surface area contributed by atoms with Crippen LogP contribution in [0.1, 0.15) is 45.6 Å². The third kappa shape index (κ3) is 5.19. The smallest absolute Gasteiger partial charge is 0.168 e. The Hall–Kier alpha value is -1.09. The largest absolute Gasteiger partial charge is 0.494 e. The zero-order chi connectivity index (χ0) is 14.3. The minimum Gasteiger partial charge on any atom is -0.494 e. The van der Waals surface area contributed by atoms with Crippen LogP contribution in [-0.4, -0.2) is 19.2 Å². The fraction of sp³-hybridized carbons (Fsp3) is 0.625. The van der Waals surface area contributed by atoms with Crippen molar-refractivity contribution in [2.75, 3.05) is 7.11 Å². The molecule has 0 amide bonds. The van der Waals surface area contributed by atoms with Gasteiger partial charge in [-0.25, -0.2) is 4.39 Å². The van der Waals surface area contributed by atoms with Crippen LogP contribution in [0, 0.1) is 5.82 Å². The highest BCUT2D eigenvalue weighted by Gasteiger charge is 2.15. The van der Waals surface area contributed by atoms with Crippen molar-refractivity contribution >= 4 is 0 Å². The molecule has 1 unspecified atom stereocenters. The average Bonchev–Trinajstić information content (AvgIpc) is 2.37. The number of hydrogen-bond donors (Lipinski definition) is 1. The fourth-order valence-electron chi connectivity index (χ4n) is 2.30. The van der Waals surface area contributed by atoms with Crippen LogP contribution < -0.4 is 10.1 Å². The molecule has 1 aromatic rings. The molecular weight excluding hydrogens is 241 g/mol. The van der Waals surface area contributed by atoms with Gasteiger partial charge < -0.3 is 10.1 Å². The molecule has 1 rings (SSSR count). The first-order valence-corrected chi connectivity index (χ1v) is 7.15. The monoisotopic (exact) mass is 267 g/mol. The molecule has 0 saturated heterocycles. The predicted molar refractivity (Wildman–Crippen MR) is 78.2 cm³/mol. The number of benzene rings is 1. The van der Waals surface area contributed by atoms with Gasteiger partial charge in [-0.15, -0.1) is 0 Å². The molecule has 0 heterocycles. The second kappa shape index (κ2) is 8.16. The Morgan fingerprint density at radius 1 is 1.32 bits per heavy atom. The van der Waals surface area contributed by atoms with Gasteiger partial charge in [0.1, 0.15) is 0 Å². The van der Waals surface area contributed by atoms with Crippen molar-refractivity contribution < 1.29 is 9.13 Å². The van der Waals surface area contributed by atoms with Gasteiger partial charge in [-0.2, -0.15) is 0 Å². The van der Waals surface area contributed by atoms with Gasteiger partial charge in [0.2, 0.25) is 0 Å². The van der Waals surface area contributed by atoms with Gasteiger partial charge in [-0.05, 0) is 24.5 Å². The standard InChI is InChI=1S/C16H26FNO/c1-5-6-9-14(18-12(2)3)11-13-8-7-10-15(19-4)16(13)17/h7-8,10,12,14,18H,5-6,9,11H2,1-4H3. The maximum atomic E-state index is 14.1. The third-order valence-electron chi connectivity index (χ3n) is 3.20. The fourth-order valence-corrected chi connectivity index (χ4v) is 2.30. The lowest BCUT2D eigenvalue weighted by Gasteiger charge is -2.22. The molecule has 0 aromatic heterocycles. The highest BCUT2D eigenvalue weighted by molar-refractivity contribution is 5.31. The Kier molecular flexibility index (Phi) is 6.85. The summed E-state index contributed by atoms with van der Waals surface area (Å²) >= 11 is 0. The van der Waals surface area contributed by atoms with Crippen LogP contribution in [0.3, 0.4) is 0 Å². The number of ether oxygens (including phenoxy) is 1. The number of methoxy groups -OCH3 is 1. The van der Waals surface area contributed by atoms with E-state index >= 15 is 0 Å². The SMILES string of the molecule is CCCCC(Cc1cccc(OC)c1F)NC(C)C. The van der Waals surface area contributed by atoms with Gasteiger partial charge in [0.15, 0.2) is 11.6 Å². The number of halogens is 1. The molecule has 1 aromatic carbocycles. The van der Waals surface area contributed by atoms with Crippen LogP contribution in [-0.2, 0) is 6.42 Å². The second-order valence-corrected chi connectivity index (χ2v) is 5.30. The first kappa shape index (κ1) is 16.0. The van der Waals surface area contributed by atoms with Gasteiger partial charge in [-0.1, -0.05) is 45.7 Å². The minimum absolute atomic E-state index is 0.225. The molecule has 108 valence electrons. The molecule has 0 fully saturated rings. The summed E-state index contributed by atoms with van der Waals surface area (Å²) in [6, 6.07) is 6.09. The van der Waals surface area contributed by atoms with Crippen molar-refractivity contribution in [2.24, 2.45) is 0 Å². The second-order valence-electron chi connectivity index (χ2n) is 5.30. The Balaban J connectivity index is 2.77. The Morgan fingerprint density at radius 3 is 2.63 bits per heavy atom. The number of rotatable bonds is 8. The van der Waals surface area contributed by atoms with Gasteiger partial charge >= 0.3 is 0 Å². The highest BCUT2D eigenvalue weighted by Crippen LogP contribution is 2.22. The topological polar surface area (TPSA) is 21.3 Å². The first-order chi connectivity index (χ1) is 9.08. The van der Waals surface area contributed by atoms with Crippen LogP contribution in [0.15, 0.2) is 18.2 Å². The third-order valence-corrected chi connectivity index (χ3v) is 3.20. The van der Waals surface area contributed by atoms with Crippen molar-refractivity contribution in [3.05, 3.63) is 29.6 Å². The summed E-state index contributed by atoms with van der Waals surface area (Å²) in [5, 5.41) is 3.52. The van der Waals surface area contributed by atoms with Crippen LogP contribution in [0.25, 0.3) is 0 Å². The van der Waals surface area contributed by atoms with E-state index in [4.69, 9.17) is 4.74 Å². The highest BCUT2D eigenvalue weighted by atomic mass is 19.1. The zero-order valence-electron chi connectivity index (χ0n) is 12.5. The van der Waals surface area contributed by atoms with E-state index in [2.05, 4.69) is 26.1 Å². The van der Waals surface area contributed by atoms with Crippen LogP contribution >= 0.6 is 0 Å². The van der Waals surface area contributed by atoms with E-state index < -0.39 is 0 Å². The summed E-state index contributed by atoms with van der Waals surface area (Å²) in [6.07, 6.45) is 4.11. The summed E-state index contributed by atoms with van der Waals surface area (Å²) in [5.41, 5.74) is 0.730. The zero-order valence-corrected chi connectivity index (χ0v) is 12.5. The van der Waals surface area contributed by atoms with E-state index in [0.717, 1.165) is 24.8 Å². The molecule has 1 N–H and O–H groups in total.